The zero-order chi connectivity index (χ0) is 24.6. The highest BCUT2D eigenvalue weighted by Crippen LogP contribution is 2.29. The van der Waals surface area contributed by atoms with Gasteiger partial charge in [-0.1, -0.05) is 33.6 Å². The van der Waals surface area contributed by atoms with E-state index < -0.39 is 0 Å². The third kappa shape index (κ3) is 9.87. The Morgan fingerprint density at radius 3 is 2.18 bits per heavy atom. The van der Waals surface area contributed by atoms with Gasteiger partial charge in [0.15, 0.2) is 0 Å². The summed E-state index contributed by atoms with van der Waals surface area (Å²) in [5.41, 5.74) is 1.03. The molecule has 3 atom stereocenters. The minimum Gasteiger partial charge on any atom is -0.356 e. The number of unbranched alkanes of at least 4 members (excludes halogenated alkanes) is 5. The first-order valence-corrected chi connectivity index (χ1v) is 12.6. The first kappa shape index (κ1) is 28.5. The van der Waals surface area contributed by atoms with Gasteiger partial charge in [-0.05, 0) is 56.9 Å². The van der Waals surface area contributed by atoms with Gasteiger partial charge in [-0.15, -0.1) is 24.7 Å². The average molecular weight is 455 g/mol. The predicted octanol–water partition coefficient (Wildman–Crippen LogP) is 5.01. The van der Waals surface area contributed by atoms with E-state index in [2.05, 4.69) is 17.2 Å². The quantitative estimate of drug-likeness (QED) is 0.263. The molecule has 0 fully saturated rings. The number of amides is 3. The molecule has 0 bridgehead atoms. The Kier molecular flexibility index (Phi) is 13.9. The lowest BCUT2D eigenvalue weighted by Gasteiger charge is -2.28. The number of hydrogen-bond donors (Lipinski definition) is 1. The topological polar surface area (TPSA) is 66.5 Å². The van der Waals surface area contributed by atoms with Crippen molar-refractivity contribution in [3.8, 4) is 24.7 Å². The van der Waals surface area contributed by atoms with Gasteiger partial charge in [0.25, 0.3) is 5.91 Å². The van der Waals surface area contributed by atoms with Crippen LogP contribution < -0.4 is 5.32 Å². The van der Waals surface area contributed by atoms with Crippen molar-refractivity contribution in [2.75, 3.05) is 6.54 Å². The summed E-state index contributed by atoms with van der Waals surface area (Å²) in [5.74, 6) is 4.84. The van der Waals surface area contributed by atoms with Crippen LogP contribution in [0.15, 0.2) is 11.6 Å². The molecule has 0 saturated carbocycles. The smallest absolute Gasteiger partial charge is 0.253 e. The summed E-state index contributed by atoms with van der Waals surface area (Å²) < 4.78 is 0. The van der Waals surface area contributed by atoms with E-state index in [1.54, 1.807) is 6.08 Å². The largest absolute Gasteiger partial charge is 0.356 e. The third-order valence-corrected chi connectivity index (χ3v) is 6.42. The number of nitrogens with zero attached hydrogens (tertiary/aromatic N) is 1. The molecule has 0 unspecified atom stereocenters. The molecule has 182 valence electrons. The van der Waals surface area contributed by atoms with E-state index in [0.29, 0.717) is 6.54 Å². The van der Waals surface area contributed by atoms with E-state index in [1.165, 1.54) is 4.90 Å². The molecule has 0 aromatic carbocycles. The molecule has 5 nitrogen and oxygen atoms in total. The van der Waals surface area contributed by atoms with Gasteiger partial charge in [-0.3, -0.25) is 19.3 Å². The van der Waals surface area contributed by atoms with E-state index in [1.807, 2.05) is 20.8 Å². The Morgan fingerprint density at radius 1 is 1.00 bits per heavy atom. The number of hydrogen-bond acceptors (Lipinski definition) is 3. The highest BCUT2D eigenvalue weighted by atomic mass is 16.2. The molecule has 33 heavy (non-hydrogen) atoms. The van der Waals surface area contributed by atoms with Crippen LogP contribution in [0.5, 0.6) is 0 Å². The monoisotopic (exact) mass is 454 g/mol. The zero-order valence-electron chi connectivity index (χ0n) is 20.8. The van der Waals surface area contributed by atoms with Gasteiger partial charge >= 0.3 is 0 Å². The molecule has 0 aromatic heterocycles. The fourth-order valence-electron chi connectivity index (χ4n) is 4.25. The second kappa shape index (κ2) is 16.1. The minimum absolute atomic E-state index is 0.0138. The first-order chi connectivity index (χ1) is 15.9. The number of carbonyl (C=O) groups excluding carboxylic acids is 3. The third-order valence-electron chi connectivity index (χ3n) is 6.42. The Labute approximate surface area is 201 Å². The Balaban J connectivity index is 2.47. The summed E-state index contributed by atoms with van der Waals surface area (Å²) in [7, 11) is 0. The van der Waals surface area contributed by atoms with E-state index in [-0.39, 0.29) is 35.6 Å². The fraction of sp³-hybridized carbons (Fsp3) is 0.679. The van der Waals surface area contributed by atoms with Crippen LogP contribution in [0.3, 0.4) is 0 Å². The van der Waals surface area contributed by atoms with Crippen molar-refractivity contribution in [1.29, 1.82) is 0 Å². The molecular formula is C28H42N2O3. The highest BCUT2D eigenvalue weighted by molar-refractivity contribution is 6.05. The van der Waals surface area contributed by atoms with Gasteiger partial charge in [-0.25, -0.2) is 0 Å². The lowest BCUT2D eigenvalue weighted by molar-refractivity contribution is -0.145. The molecule has 0 spiro atoms. The van der Waals surface area contributed by atoms with E-state index in [0.717, 1.165) is 82.6 Å². The van der Waals surface area contributed by atoms with Gasteiger partial charge < -0.3 is 5.32 Å². The first-order valence-electron chi connectivity index (χ1n) is 12.6. The molecule has 1 rings (SSSR count). The van der Waals surface area contributed by atoms with Crippen molar-refractivity contribution in [1.82, 2.24) is 10.2 Å². The molecule has 0 aliphatic carbocycles. The van der Waals surface area contributed by atoms with E-state index in [4.69, 9.17) is 12.8 Å². The molecule has 1 aliphatic rings. The minimum atomic E-state index is -0.194. The summed E-state index contributed by atoms with van der Waals surface area (Å²) in [4.78, 5) is 39.3. The second-order valence-electron chi connectivity index (χ2n) is 9.12. The molecule has 0 radical (unpaired) electrons. The summed E-state index contributed by atoms with van der Waals surface area (Å²) >= 11 is 0. The van der Waals surface area contributed by atoms with Gasteiger partial charge in [0.1, 0.15) is 0 Å². The SMILES string of the molecule is C#CCCCC[C@H](C)C(=O)NCCCC[C@H]1C(CC)=CC(=O)N1C(=O)[C@@H](C)CCCCC#C. The predicted molar refractivity (Wildman–Crippen MR) is 134 cm³/mol. The van der Waals surface area contributed by atoms with Crippen LogP contribution in [0, 0.1) is 36.5 Å². The van der Waals surface area contributed by atoms with Crippen LogP contribution in [-0.4, -0.2) is 35.2 Å². The summed E-state index contributed by atoms with van der Waals surface area (Å²) in [5, 5.41) is 3.01. The van der Waals surface area contributed by atoms with Crippen LogP contribution in [0.4, 0.5) is 0 Å². The molecule has 1 N–H and O–H groups in total. The van der Waals surface area contributed by atoms with Gasteiger partial charge in [0.2, 0.25) is 11.8 Å². The van der Waals surface area contributed by atoms with Gasteiger partial charge in [0, 0.05) is 37.3 Å². The maximum atomic E-state index is 13.0. The highest BCUT2D eigenvalue weighted by Gasteiger charge is 2.37. The molecule has 0 saturated heterocycles. The Hall–Kier alpha value is -2.53. The average Bonchev–Trinajstić information content (AvgIpc) is 3.13. The van der Waals surface area contributed by atoms with E-state index in [9.17, 15) is 14.4 Å². The second-order valence-corrected chi connectivity index (χ2v) is 9.12. The Bertz CT molecular complexity index is 756. The van der Waals surface area contributed by atoms with Crippen LogP contribution >= 0.6 is 0 Å². The molecule has 1 aliphatic heterocycles. The van der Waals surface area contributed by atoms with Crippen molar-refractivity contribution in [2.45, 2.75) is 104 Å². The number of carbonyl (C=O) groups is 3. The molecule has 5 heteroatoms. The summed E-state index contributed by atoms with van der Waals surface area (Å²) in [6.07, 6.45) is 22.1. The van der Waals surface area contributed by atoms with Crippen molar-refractivity contribution in [3.05, 3.63) is 11.6 Å². The maximum absolute atomic E-state index is 13.0. The summed E-state index contributed by atoms with van der Waals surface area (Å²) in [6.45, 7) is 6.48. The molecule has 0 aromatic rings. The van der Waals surface area contributed by atoms with Crippen LogP contribution in [0.2, 0.25) is 0 Å². The van der Waals surface area contributed by atoms with Crippen molar-refractivity contribution in [3.63, 3.8) is 0 Å². The number of terminal acetylenes is 2. The van der Waals surface area contributed by atoms with Crippen molar-refractivity contribution < 1.29 is 14.4 Å². The number of rotatable bonds is 16. The lowest BCUT2D eigenvalue weighted by atomic mass is 9.97. The summed E-state index contributed by atoms with van der Waals surface area (Å²) in [6, 6.07) is -0.158. The van der Waals surface area contributed by atoms with Gasteiger partial charge in [-0.2, -0.15) is 0 Å². The van der Waals surface area contributed by atoms with Crippen LogP contribution in [0.1, 0.15) is 97.8 Å². The zero-order valence-corrected chi connectivity index (χ0v) is 20.8. The maximum Gasteiger partial charge on any atom is 0.253 e. The number of imide groups is 1. The lowest BCUT2D eigenvalue weighted by Crippen LogP contribution is -2.43. The van der Waals surface area contributed by atoms with Crippen LogP contribution in [0.25, 0.3) is 0 Å². The molecule has 1 heterocycles. The fourth-order valence-corrected chi connectivity index (χ4v) is 4.25. The van der Waals surface area contributed by atoms with Gasteiger partial charge in [0.05, 0.1) is 6.04 Å². The van der Waals surface area contributed by atoms with Crippen LogP contribution in [-0.2, 0) is 14.4 Å². The Morgan fingerprint density at radius 2 is 1.61 bits per heavy atom. The molecule has 3 amide bonds. The molecular weight excluding hydrogens is 412 g/mol. The number of nitrogens with one attached hydrogen (secondary N) is 1. The standard InChI is InChI=1S/C28H42N2O3/c1-6-9-11-13-17-22(4)27(32)29-20-16-15-19-25-24(8-3)21-26(31)30(25)28(33)23(5)18-14-12-10-7-2/h1-2,21-23,25H,8-20H2,3-5H3,(H,29,32)/t22-,23-,25-/m0/s1. The van der Waals surface area contributed by atoms with Crippen molar-refractivity contribution >= 4 is 17.7 Å². The normalized spacial score (nSPS) is 17.1. The van der Waals surface area contributed by atoms with Crippen molar-refractivity contribution in [2.24, 2.45) is 11.8 Å². The van der Waals surface area contributed by atoms with E-state index >= 15 is 0 Å².